The molecule has 0 aliphatic carbocycles. The number of hydrogen-bond donors (Lipinski definition) is 4. The second kappa shape index (κ2) is 8.19. The third-order valence-corrected chi connectivity index (χ3v) is 4.11. The first-order valence-corrected chi connectivity index (χ1v) is 7.51. The van der Waals surface area contributed by atoms with Crippen molar-refractivity contribution in [2.45, 2.75) is 63.7 Å². The van der Waals surface area contributed by atoms with E-state index in [1.807, 2.05) is 0 Å². The van der Waals surface area contributed by atoms with Crippen LogP contribution in [-0.2, 0) is 9.53 Å². The topological polar surface area (TPSA) is 108 Å². The summed E-state index contributed by atoms with van der Waals surface area (Å²) in [5, 5.41) is 23.1. The lowest BCUT2D eigenvalue weighted by Crippen LogP contribution is -2.50. The van der Waals surface area contributed by atoms with Gasteiger partial charge in [-0.3, -0.25) is 0 Å². The van der Waals surface area contributed by atoms with Gasteiger partial charge in [0.2, 0.25) is 0 Å². The Hall–Kier alpha value is -1.34. The molecule has 1 aliphatic heterocycles. The van der Waals surface area contributed by atoms with Gasteiger partial charge in [0, 0.05) is 25.6 Å². The van der Waals surface area contributed by atoms with Crippen molar-refractivity contribution in [3.8, 4) is 0 Å². The lowest BCUT2D eigenvalue weighted by molar-refractivity contribution is -0.146. The molecule has 0 saturated carbocycles. The molecule has 1 fully saturated rings. The van der Waals surface area contributed by atoms with Crippen molar-refractivity contribution in [1.29, 1.82) is 0 Å². The van der Waals surface area contributed by atoms with Crippen LogP contribution < -0.4 is 10.6 Å². The van der Waals surface area contributed by atoms with Crippen LogP contribution in [0.3, 0.4) is 0 Å². The van der Waals surface area contributed by atoms with Crippen LogP contribution in [0.25, 0.3) is 0 Å². The molecule has 1 rings (SSSR count). The maximum absolute atomic E-state index is 11.8. The van der Waals surface area contributed by atoms with Gasteiger partial charge in [-0.2, -0.15) is 0 Å². The number of aliphatic hydroxyl groups is 1. The number of aliphatic hydroxyl groups excluding tert-OH is 1. The van der Waals surface area contributed by atoms with Crippen LogP contribution in [0.5, 0.6) is 0 Å². The monoisotopic (exact) mass is 302 g/mol. The second-order valence-electron chi connectivity index (χ2n) is 5.47. The number of rotatable bonds is 7. The second-order valence-corrected chi connectivity index (χ2v) is 5.47. The number of carboxylic acid groups (broad SMARTS) is 1. The smallest absolute Gasteiger partial charge is 0.332 e. The zero-order valence-corrected chi connectivity index (χ0v) is 12.7. The number of carboxylic acids is 1. The van der Waals surface area contributed by atoms with Crippen LogP contribution in [0.2, 0.25) is 0 Å². The molecular formula is C14H26N2O5. The number of carbonyl (C=O) groups excluding carboxylic acids is 1. The van der Waals surface area contributed by atoms with Gasteiger partial charge in [0.25, 0.3) is 0 Å². The third-order valence-electron chi connectivity index (χ3n) is 4.11. The van der Waals surface area contributed by atoms with E-state index in [2.05, 4.69) is 24.5 Å². The standard InChI is InChI=1S/C14H26N2O5/c1-3-14(4-2)9-10(6-8-21-14)16-13(20)15-7-5-11(17)12(18)19/h10-11,17H,3-9H2,1-2H3,(H,18,19)(H2,15,16,20)/t10?,11-/m0/s1. The van der Waals surface area contributed by atoms with E-state index in [-0.39, 0.29) is 30.6 Å². The molecule has 0 bridgehead atoms. The van der Waals surface area contributed by atoms with Crippen molar-refractivity contribution >= 4 is 12.0 Å². The predicted octanol–water partition coefficient (Wildman–Crippen LogP) is 0.859. The fraction of sp³-hybridized carbons (Fsp3) is 0.857. The van der Waals surface area contributed by atoms with E-state index in [9.17, 15) is 9.59 Å². The lowest BCUT2D eigenvalue weighted by atomic mass is 9.86. The Balaban J connectivity index is 2.32. The van der Waals surface area contributed by atoms with E-state index >= 15 is 0 Å². The van der Waals surface area contributed by atoms with E-state index in [0.717, 1.165) is 25.7 Å². The average molecular weight is 302 g/mol. The molecule has 1 aliphatic rings. The normalized spacial score (nSPS) is 22.3. The number of amides is 2. The Morgan fingerprint density at radius 2 is 2.05 bits per heavy atom. The van der Waals surface area contributed by atoms with Gasteiger partial charge in [0.1, 0.15) is 0 Å². The largest absolute Gasteiger partial charge is 0.479 e. The molecule has 0 spiro atoms. The molecule has 21 heavy (non-hydrogen) atoms. The van der Waals surface area contributed by atoms with Gasteiger partial charge in [-0.1, -0.05) is 13.8 Å². The summed E-state index contributed by atoms with van der Waals surface area (Å²) < 4.78 is 5.84. The quantitative estimate of drug-likeness (QED) is 0.558. The van der Waals surface area contributed by atoms with Crippen LogP contribution in [0.1, 0.15) is 46.0 Å². The van der Waals surface area contributed by atoms with Crippen LogP contribution in [0, 0.1) is 0 Å². The molecule has 0 radical (unpaired) electrons. The van der Waals surface area contributed by atoms with Crippen LogP contribution in [0.4, 0.5) is 4.79 Å². The molecule has 1 heterocycles. The first-order valence-electron chi connectivity index (χ1n) is 7.51. The van der Waals surface area contributed by atoms with Gasteiger partial charge in [0.05, 0.1) is 5.60 Å². The summed E-state index contributed by atoms with van der Waals surface area (Å²) in [7, 11) is 0. The van der Waals surface area contributed by atoms with E-state index < -0.39 is 12.1 Å². The van der Waals surface area contributed by atoms with Crippen LogP contribution in [-0.4, -0.2) is 53.1 Å². The van der Waals surface area contributed by atoms with Gasteiger partial charge in [-0.05, 0) is 25.7 Å². The maximum Gasteiger partial charge on any atom is 0.332 e. The Labute approximate surface area is 125 Å². The first-order chi connectivity index (χ1) is 9.92. The maximum atomic E-state index is 11.8. The zero-order chi connectivity index (χ0) is 15.9. The van der Waals surface area contributed by atoms with Crippen molar-refractivity contribution in [1.82, 2.24) is 10.6 Å². The number of nitrogens with one attached hydrogen (secondary N) is 2. The van der Waals surface area contributed by atoms with Crippen molar-refractivity contribution in [3.05, 3.63) is 0 Å². The first kappa shape index (κ1) is 17.7. The van der Waals surface area contributed by atoms with Gasteiger partial charge in [-0.15, -0.1) is 0 Å². The Morgan fingerprint density at radius 1 is 1.38 bits per heavy atom. The molecule has 2 amide bonds. The highest BCUT2D eigenvalue weighted by Crippen LogP contribution is 2.31. The van der Waals surface area contributed by atoms with Gasteiger partial charge >= 0.3 is 12.0 Å². The van der Waals surface area contributed by atoms with Crippen molar-refractivity contribution < 1.29 is 24.5 Å². The summed E-state index contributed by atoms with van der Waals surface area (Å²) in [5.74, 6) is -1.28. The Morgan fingerprint density at radius 3 is 2.62 bits per heavy atom. The fourth-order valence-corrected chi connectivity index (χ4v) is 2.58. The SMILES string of the molecule is CCC1(CC)CC(NC(=O)NCC[C@H](O)C(=O)O)CCO1. The number of carbonyl (C=O) groups is 2. The predicted molar refractivity (Wildman–Crippen MR) is 77.1 cm³/mol. The van der Waals surface area contributed by atoms with Crippen molar-refractivity contribution in [3.63, 3.8) is 0 Å². The average Bonchev–Trinajstić information content (AvgIpc) is 2.47. The number of hydrogen-bond acceptors (Lipinski definition) is 4. The molecule has 1 saturated heterocycles. The molecule has 7 nitrogen and oxygen atoms in total. The van der Waals surface area contributed by atoms with E-state index in [1.165, 1.54) is 0 Å². The molecule has 0 aromatic heterocycles. The van der Waals surface area contributed by atoms with Gasteiger partial charge in [-0.25, -0.2) is 9.59 Å². The summed E-state index contributed by atoms with van der Waals surface area (Å²) >= 11 is 0. The fourth-order valence-electron chi connectivity index (χ4n) is 2.58. The number of ether oxygens (including phenoxy) is 1. The van der Waals surface area contributed by atoms with Crippen LogP contribution in [0.15, 0.2) is 0 Å². The van der Waals surface area contributed by atoms with Crippen molar-refractivity contribution in [2.24, 2.45) is 0 Å². The minimum atomic E-state index is -1.44. The summed E-state index contributed by atoms with van der Waals surface area (Å²) in [6.45, 7) is 4.91. The third kappa shape index (κ3) is 5.51. The van der Waals surface area contributed by atoms with E-state index in [1.54, 1.807) is 0 Å². The summed E-state index contributed by atoms with van der Waals surface area (Å²) in [6, 6.07) is -0.274. The minimum Gasteiger partial charge on any atom is -0.479 e. The molecule has 4 N–H and O–H groups in total. The minimum absolute atomic E-state index is 0.00954. The highest BCUT2D eigenvalue weighted by molar-refractivity contribution is 5.74. The summed E-state index contributed by atoms with van der Waals surface area (Å²) in [4.78, 5) is 22.2. The molecular weight excluding hydrogens is 276 g/mol. The number of aliphatic carboxylic acids is 1. The Kier molecular flexibility index (Phi) is 6.91. The summed E-state index contributed by atoms with van der Waals surface area (Å²) in [6.07, 6.45) is 1.92. The highest BCUT2D eigenvalue weighted by atomic mass is 16.5. The Bertz CT molecular complexity index is 357. The molecule has 0 aromatic rings. The lowest BCUT2D eigenvalue weighted by Gasteiger charge is -2.40. The summed E-state index contributed by atoms with van der Waals surface area (Å²) in [5.41, 5.74) is -0.157. The van der Waals surface area contributed by atoms with Crippen LogP contribution >= 0.6 is 0 Å². The molecule has 122 valence electrons. The molecule has 0 aromatic carbocycles. The van der Waals surface area contributed by atoms with E-state index in [4.69, 9.17) is 14.9 Å². The highest BCUT2D eigenvalue weighted by Gasteiger charge is 2.34. The molecule has 1 unspecified atom stereocenters. The van der Waals surface area contributed by atoms with Gasteiger partial charge < -0.3 is 25.6 Å². The van der Waals surface area contributed by atoms with Crippen molar-refractivity contribution in [2.75, 3.05) is 13.2 Å². The molecule has 2 atom stereocenters. The molecule has 7 heteroatoms. The van der Waals surface area contributed by atoms with Gasteiger partial charge in [0.15, 0.2) is 6.10 Å². The number of urea groups is 1. The van der Waals surface area contributed by atoms with E-state index in [0.29, 0.717) is 6.61 Å². The zero-order valence-electron chi connectivity index (χ0n) is 12.7.